The minimum atomic E-state index is -0.151. The molecule has 0 aliphatic carbocycles. The highest BCUT2D eigenvalue weighted by Gasteiger charge is 2.13. The zero-order valence-electron chi connectivity index (χ0n) is 12.1. The fourth-order valence-electron chi connectivity index (χ4n) is 2.31. The first-order valence-corrected chi connectivity index (χ1v) is 8.06. The Bertz CT molecular complexity index is 507. The molecule has 108 valence electrons. The molecule has 0 aliphatic rings. The molecule has 0 fully saturated rings. The number of hydrogen-bond acceptors (Lipinski definition) is 2. The molecule has 1 heterocycles. The van der Waals surface area contributed by atoms with Crippen molar-refractivity contribution in [3.8, 4) is 0 Å². The maximum Gasteiger partial charge on any atom is 0.123 e. The Labute approximate surface area is 124 Å². The Kier molecular flexibility index (Phi) is 5.74. The van der Waals surface area contributed by atoms with E-state index in [9.17, 15) is 4.39 Å². The van der Waals surface area contributed by atoms with Crippen molar-refractivity contribution < 1.29 is 4.39 Å². The van der Waals surface area contributed by atoms with Crippen LogP contribution >= 0.6 is 11.3 Å². The number of rotatable bonds is 7. The van der Waals surface area contributed by atoms with Crippen molar-refractivity contribution in [2.24, 2.45) is 5.92 Å². The number of benzene rings is 1. The monoisotopic (exact) mass is 291 g/mol. The molecular formula is C17H22FNS. The van der Waals surface area contributed by atoms with Crippen molar-refractivity contribution in [1.82, 2.24) is 5.32 Å². The molecule has 1 unspecified atom stereocenters. The Balaban J connectivity index is 2.06. The first kappa shape index (κ1) is 15.2. The molecule has 1 aromatic carbocycles. The third-order valence-electron chi connectivity index (χ3n) is 3.33. The summed E-state index contributed by atoms with van der Waals surface area (Å²) in [6.07, 6.45) is 0.956. The second kappa shape index (κ2) is 7.55. The SMILES string of the molecule is CC(C)CNCC(Cc1ccsc1)c1cccc(F)c1. The Morgan fingerprint density at radius 1 is 1.20 bits per heavy atom. The van der Waals surface area contributed by atoms with Crippen LogP contribution < -0.4 is 5.32 Å². The Hall–Kier alpha value is -1.19. The zero-order valence-corrected chi connectivity index (χ0v) is 12.9. The largest absolute Gasteiger partial charge is 0.316 e. The number of halogens is 1. The maximum absolute atomic E-state index is 13.4. The summed E-state index contributed by atoms with van der Waals surface area (Å²) in [7, 11) is 0. The smallest absolute Gasteiger partial charge is 0.123 e. The first-order valence-electron chi connectivity index (χ1n) is 7.12. The van der Waals surface area contributed by atoms with Crippen LogP contribution in [0.4, 0.5) is 4.39 Å². The van der Waals surface area contributed by atoms with Gasteiger partial charge in [-0.1, -0.05) is 26.0 Å². The summed E-state index contributed by atoms with van der Waals surface area (Å²) in [4.78, 5) is 0. The predicted octanol–water partition coefficient (Wildman–Crippen LogP) is 4.46. The molecule has 0 saturated carbocycles. The van der Waals surface area contributed by atoms with Gasteiger partial charge in [-0.15, -0.1) is 0 Å². The second-order valence-corrected chi connectivity index (χ2v) is 6.42. The van der Waals surface area contributed by atoms with Crippen molar-refractivity contribution >= 4 is 11.3 Å². The molecule has 3 heteroatoms. The first-order chi connectivity index (χ1) is 9.65. The molecule has 0 saturated heterocycles. The van der Waals surface area contributed by atoms with Gasteiger partial charge in [-0.3, -0.25) is 0 Å². The lowest BCUT2D eigenvalue weighted by atomic mass is 9.92. The molecule has 1 atom stereocenters. The molecule has 2 rings (SSSR count). The van der Waals surface area contributed by atoms with Crippen LogP contribution in [0.5, 0.6) is 0 Å². The predicted molar refractivity (Wildman–Crippen MR) is 84.9 cm³/mol. The van der Waals surface area contributed by atoms with Gasteiger partial charge in [0.25, 0.3) is 0 Å². The van der Waals surface area contributed by atoms with Crippen molar-refractivity contribution in [2.75, 3.05) is 13.1 Å². The number of thiophene rings is 1. The third kappa shape index (κ3) is 4.73. The average molecular weight is 291 g/mol. The summed E-state index contributed by atoms with van der Waals surface area (Å²) in [5.41, 5.74) is 2.41. The van der Waals surface area contributed by atoms with E-state index in [1.807, 2.05) is 6.07 Å². The summed E-state index contributed by atoms with van der Waals surface area (Å²) in [5, 5.41) is 7.77. The summed E-state index contributed by atoms with van der Waals surface area (Å²) < 4.78 is 13.4. The second-order valence-electron chi connectivity index (χ2n) is 5.64. The lowest BCUT2D eigenvalue weighted by Gasteiger charge is -2.19. The normalized spacial score (nSPS) is 12.8. The van der Waals surface area contributed by atoms with E-state index in [1.165, 1.54) is 11.6 Å². The van der Waals surface area contributed by atoms with Crippen LogP contribution in [-0.2, 0) is 6.42 Å². The summed E-state index contributed by atoms with van der Waals surface area (Å²) >= 11 is 1.71. The quantitative estimate of drug-likeness (QED) is 0.794. The molecule has 1 aromatic heterocycles. The molecule has 1 N–H and O–H groups in total. The third-order valence-corrected chi connectivity index (χ3v) is 4.06. The van der Waals surface area contributed by atoms with E-state index in [2.05, 4.69) is 36.0 Å². The fourth-order valence-corrected chi connectivity index (χ4v) is 2.99. The van der Waals surface area contributed by atoms with Gasteiger partial charge in [0, 0.05) is 12.5 Å². The van der Waals surface area contributed by atoms with E-state index >= 15 is 0 Å². The van der Waals surface area contributed by atoms with E-state index in [-0.39, 0.29) is 5.82 Å². The van der Waals surface area contributed by atoms with E-state index in [4.69, 9.17) is 0 Å². The van der Waals surface area contributed by atoms with Crippen molar-refractivity contribution in [2.45, 2.75) is 26.2 Å². The topological polar surface area (TPSA) is 12.0 Å². The Morgan fingerprint density at radius 3 is 2.70 bits per heavy atom. The fraction of sp³-hybridized carbons (Fsp3) is 0.412. The van der Waals surface area contributed by atoms with Crippen LogP contribution in [0.25, 0.3) is 0 Å². The van der Waals surface area contributed by atoms with E-state index in [1.54, 1.807) is 23.5 Å². The lowest BCUT2D eigenvalue weighted by molar-refractivity contribution is 0.512. The van der Waals surface area contributed by atoms with Crippen LogP contribution in [0, 0.1) is 11.7 Å². The standard InChI is InChI=1S/C17H22FNS/c1-13(2)10-19-11-16(8-14-6-7-20-12-14)15-4-3-5-17(18)9-15/h3-7,9,12-13,16,19H,8,10-11H2,1-2H3. The van der Waals surface area contributed by atoms with Crippen molar-refractivity contribution in [3.05, 3.63) is 58.0 Å². The van der Waals surface area contributed by atoms with Gasteiger partial charge in [0.05, 0.1) is 0 Å². The van der Waals surface area contributed by atoms with Crippen LogP contribution in [0.2, 0.25) is 0 Å². The minimum absolute atomic E-state index is 0.151. The minimum Gasteiger partial charge on any atom is -0.316 e. The number of hydrogen-bond donors (Lipinski definition) is 1. The molecule has 0 radical (unpaired) electrons. The van der Waals surface area contributed by atoms with Gasteiger partial charge in [-0.2, -0.15) is 11.3 Å². The molecule has 0 bridgehead atoms. The molecular weight excluding hydrogens is 269 g/mol. The summed E-state index contributed by atoms with van der Waals surface area (Å²) in [6.45, 7) is 6.28. The molecule has 0 spiro atoms. The molecule has 0 aliphatic heterocycles. The highest BCUT2D eigenvalue weighted by Crippen LogP contribution is 2.22. The summed E-state index contributed by atoms with van der Waals surface area (Å²) in [5.74, 6) is 0.796. The molecule has 2 aromatic rings. The number of nitrogens with one attached hydrogen (secondary N) is 1. The molecule has 20 heavy (non-hydrogen) atoms. The van der Waals surface area contributed by atoms with Gasteiger partial charge in [-0.25, -0.2) is 4.39 Å². The highest BCUT2D eigenvalue weighted by molar-refractivity contribution is 7.07. The van der Waals surface area contributed by atoms with Gasteiger partial charge >= 0.3 is 0 Å². The Morgan fingerprint density at radius 2 is 2.05 bits per heavy atom. The van der Waals surface area contributed by atoms with Crippen molar-refractivity contribution in [3.63, 3.8) is 0 Å². The highest BCUT2D eigenvalue weighted by atomic mass is 32.1. The van der Waals surface area contributed by atoms with Gasteiger partial charge in [0.1, 0.15) is 5.82 Å². The summed E-state index contributed by atoms with van der Waals surface area (Å²) in [6, 6.07) is 9.14. The van der Waals surface area contributed by atoms with Crippen LogP contribution in [0.15, 0.2) is 41.1 Å². The zero-order chi connectivity index (χ0) is 14.4. The van der Waals surface area contributed by atoms with Crippen LogP contribution in [0.3, 0.4) is 0 Å². The lowest BCUT2D eigenvalue weighted by Crippen LogP contribution is -2.26. The van der Waals surface area contributed by atoms with Crippen LogP contribution in [0.1, 0.15) is 30.9 Å². The van der Waals surface area contributed by atoms with Gasteiger partial charge in [0.2, 0.25) is 0 Å². The van der Waals surface area contributed by atoms with Gasteiger partial charge < -0.3 is 5.32 Å². The molecule has 1 nitrogen and oxygen atoms in total. The average Bonchev–Trinajstić information content (AvgIpc) is 2.90. The van der Waals surface area contributed by atoms with Crippen molar-refractivity contribution in [1.29, 1.82) is 0 Å². The van der Waals surface area contributed by atoms with E-state index in [0.29, 0.717) is 11.8 Å². The maximum atomic E-state index is 13.4. The van der Waals surface area contributed by atoms with E-state index in [0.717, 1.165) is 25.1 Å². The molecule has 0 amide bonds. The van der Waals surface area contributed by atoms with Gasteiger partial charge in [-0.05, 0) is 59.0 Å². The van der Waals surface area contributed by atoms with E-state index < -0.39 is 0 Å². The van der Waals surface area contributed by atoms with Crippen LogP contribution in [-0.4, -0.2) is 13.1 Å². The van der Waals surface area contributed by atoms with Gasteiger partial charge in [0.15, 0.2) is 0 Å².